The van der Waals surface area contributed by atoms with E-state index < -0.39 is 21.5 Å². The Morgan fingerprint density at radius 1 is 1.30 bits per heavy atom. The highest BCUT2D eigenvalue weighted by molar-refractivity contribution is 7.90. The van der Waals surface area contributed by atoms with Crippen LogP contribution >= 0.6 is 11.3 Å². The van der Waals surface area contributed by atoms with Crippen LogP contribution in [0.3, 0.4) is 0 Å². The maximum absolute atomic E-state index is 12.4. The summed E-state index contributed by atoms with van der Waals surface area (Å²) in [7, 11) is -3.53. The number of thiazole rings is 1. The van der Waals surface area contributed by atoms with Crippen molar-refractivity contribution < 1.29 is 27.8 Å². The van der Waals surface area contributed by atoms with Crippen LogP contribution in [0.1, 0.15) is 25.8 Å². The van der Waals surface area contributed by atoms with Gasteiger partial charge in [0.25, 0.3) is 0 Å². The van der Waals surface area contributed by atoms with Gasteiger partial charge < -0.3 is 14.6 Å². The number of ether oxygens (including phenoxy) is 2. The van der Waals surface area contributed by atoms with Crippen LogP contribution in [0.2, 0.25) is 0 Å². The third-order valence-electron chi connectivity index (χ3n) is 5.29. The van der Waals surface area contributed by atoms with Crippen molar-refractivity contribution in [1.82, 2.24) is 14.8 Å². The number of hydrogen-bond acceptors (Lipinski definition) is 8. The molecule has 1 saturated heterocycles. The minimum atomic E-state index is -3.53. The van der Waals surface area contributed by atoms with E-state index in [4.69, 9.17) is 9.47 Å². The molecule has 0 bridgehead atoms. The third kappa shape index (κ3) is 6.89. The van der Waals surface area contributed by atoms with E-state index in [1.165, 1.54) is 16.2 Å². The van der Waals surface area contributed by atoms with Crippen LogP contribution in [0.4, 0.5) is 4.79 Å². The molecule has 1 fully saturated rings. The van der Waals surface area contributed by atoms with E-state index in [9.17, 15) is 18.3 Å². The Balaban J connectivity index is 1.77. The first kappa shape index (κ1) is 25.4. The summed E-state index contributed by atoms with van der Waals surface area (Å²) in [5.74, 6) is 0.315. The Hall–Kier alpha value is -2.21. The normalized spacial score (nSPS) is 15.4. The van der Waals surface area contributed by atoms with Crippen LogP contribution in [-0.4, -0.2) is 85.7 Å². The third-order valence-corrected chi connectivity index (χ3v) is 7.25. The number of morpholine rings is 1. The molecular formula is C22H31N3O6S2. The van der Waals surface area contributed by atoms with Crippen LogP contribution in [-0.2, 0) is 21.1 Å². The van der Waals surface area contributed by atoms with Crippen LogP contribution in [0.25, 0.3) is 11.3 Å². The lowest BCUT2D eigenvalue weighted by Gasteiger charge is -2.32. The summed E-state index contributed by atoms with van der Waals surface area (Å²) in [4.78, 5) is 19.8. The molecule has 0 spiro atoms. The topological polar surface area (TPSA) is 109 Å². The molecule has 1 N–H and O–H groups in total. The molecule has 33 heavy (non-hydrogen) atoms. The monoisotopic (exact) mass is 497 g/mol. The van der Waals surface area contributed by atoms with Crippen LogP contribution in [0.5, 0.6) is 5.75 Å². The molecule has 3 rings (SSSR count). The minimum absolute atomic E-state index is 0.110. The van der Waals surface area contributed by atoms with Gasteiger partial charge in [-0.3, -0.25) is 9.80 Å². The Kier molecular flexibility index (Phi) is 7.99. The summed E-state index contributed by atoms with van der Waals surface area (Å²) in [6.07, 6.45) is 0.138. The van der Waals surface area contributed by atoms with Gasteiger partial charge in [-0.05, 0) is 39.0 Å². The van der Waals surface area contributed by atoms with Gasteiger partial charge >= 0.3 is 6.09 Å². The maximum atomic E-state index is 12.4. The first-order valence-corrected chi connectivity index (χ1v) is 13.4. The zero-order valence-corrected chi connectivity index (χ0v) is 21.0. The summed E-state index contributed by atoms with van der Waals surface area (Å²) < 4.78 is 36.0. The molecule has 0 unspecified atom stereocenters. The number of rotatable bonds is 8. The van der Waals surface area contributed by atoms with Crippen LogP contribution in [0, 0.1) is 0 Å². The first-order valence-electron chi connectivity index (χ1n) is 10.7. The van der Waals surface area contributed by atoms with Crippen LogP contribution < -0.4 is 4.74 Å². The zero-order valence-electron chi connectivity index (χ0n) is 19.4. The van der Waals surface area contributed by atoms with E-state index >= 15 is 0 Å². The molecule has 11 heteroatoms. The van der Waals surface area contributed by atoms with Crippen molar-refractivity contribution in [3.63, 3.8) is 0 Å². The molecule has 0 atom stereocenters. The summed E-state index contributed by atoms with van der Waals surface area (Å²) in [6, 6.07) is 5.00. The zero-order chi connectivity index (χ0) is 24.2. The molecule has 1 aliphatic rings. The van der Waals surface area contributed by atoms with Crippen molar-refractivity contribution in [3.8, 4) is 17.0 Å². The summed E-state index contributed by atoms with van der Waals surface area (Å²) >= 11 is 1.34. The average Bonchev–Trinajstić information content (AvgIpc) is 3.20. The number of carboxylic acid groups (broad SMARTS) is 1. The van der Waals surface area contributed by atoms with Gasteiger partial charge in [-0.15, -0.1) is 11.3 Å². The van der Waals surface area contributed by atoms with Gasteiger partial charge in [-0.25, -0.2) is 18.2 Å². The second-order valence-electron chi connectivity index (χ2n) is 8.90. The smallest absolute Gasteiger partial charge is 0.408 e. The Morgan fingerprint density at radius 2 is 2.00 bits per heavy atom. The standard InChI is InChI=1S/C22H31N3O6S2/c1-22(2,3)25(21(26)27)14-20-23-17(15-32-20)16-5-6-18(19(13-16)33(4,28)29)31-12-9-24-7-10-30-11-8-24/h5-6,13,15H,7-12,14H2,1-4H3,(H,26,27). The van der Waals surface area contributed by atoms with Gasteiger partial charge in [0.15, 0.2) is 9.84 Å². The summed E-state index contributed by atoms with van der Waals surface area (Å²) in [6.45, 7) is 9.76. The maximum Gasteiger partial charge on any atom is 0.408 e. The SMILES string of the molecule is CC(C)(C)N(Cc1nc(-c2ccc(OCCN3CCOCC3)c(S(C)(=O)=O)c2)cs1)C(=O)O. The number of carbonyl (C=O) groups is 1. The van der Waals surface area contributed by atoms with Crippen molar-refractivity contribution in [2.45, 2.75) is 37.8 Å². The summed E-state index contributed by atoms with van der Waals surface area (Å²) in [5.41, 5.74) is 0.663. The van der Waals surface area contributed by atoms with E-state index in [1.54, 1.807) is 23.6 Å². The molecule has 182 valence electrons. The molecule has 0 radical (unpaired) electrons. The van der Waals surface area contributed by atoms with E-state index in [0.29, 0.717) is 48.4 Å². The molecule has 1 aromatic heterocycles. The fourth-order valence-corrected chi connectivity index (χ4v) is 5.05. The highest BCUT2D eigenvalue weighted by atomic mass is 32.2. The van der Waals surface area contributed by atoms with Gasteiger partial charge in [0.2, 0.25) is 0 Å². The van der Waals surface area contributed by atoms with Gasteiger partial charge in [-0.2, -0.15) is 0 Å². The van der Waals surface area contributed by atoms with Gasteiger partial charge in [0, 0.05) is 42.4 Å². The predicted octanol–water partition coefficient (Wildman–Crippen LogP) is 3.20. The van der Waals surface area contributed by atoms with Crippen LogP contribution in [0.15, 0.2) is 28.5 Å². The molecule has 9 nitrogen and oxygen atoms in total. The first-order chi connectivity index (χ1) is 15.4. The molecule has 0 saturated carbocycles. The van der Waals surface area contributed by atoms with Gasteiger partial charge in [-0.1, -0.05) is 0 Å². The second-order valence-corrected chi connectivity index (χ2v) is 11.8. The lowest BCUT2D eigenvalue weighted by atomic mass is 10.1. The second kappa shape index (κ2) is 10.4. The quantitative estimate of drug-likeness (QED) is 0.592. The summed E-state index contributed by atoms with van der Waals surface area (Å²) in [5, 5.41) is 12.0. The average molecular weight is 498 g/mol. The lowest BCUT2D eigenvalue weighted by Crippen LogP contribution is -2.44. The van der Waals surface area contributed by atoms with E-state index in [2.05, 4.69) is 9.88 Å². The van der Waals surface area contributed by atoms with Crippen molar-refractivity contribution >= 4 is 27.3 Å². The highest BCUT2D eigenvalue weighted by Crippen LogP contribution is 2.31. The minimum Gasteiger partial charge on any atom is -0.491 e. The number of benzene rings is 1. The van der Waals surface area contributed by atoms with Crippen molar-refractivity contribution in [2.24, 2.45) is 0 Å². The predicted molar refractivity (Wildman–Crippen MR) is 127 cm³/mol. The molecule has 1 aliphatic heterocycles. The molecule has 2 aromatic rings. The number of amides is 1. The number of hydrogen-bond donors (Lipinski definition) is 1. The Labute approximate surface area is 198 Å². The number of aromatic nitrogens is 1. The van der Waals surface area contributed by atoms with Crippen molar-refractivity contribution in [3.05, 3.63) is 28.6 Å². The molecule has 1 aromatic carbocycles. The van der Waals surface area contributed by atoms with Gasteiger partial charge in [0.05, 0.1) is 25.5 Å². The number of nitrogens with zero attached hydrogens (tertiary/aromatic N) is 3. The Bertz CT molecular complexity index is 1070. The molecule has 0 aliphatic carbocycles. The highest BCUT2D eigenvalue weighted by Gasteiger charge is 2.27. The fraction of sp³-hybridized carbons (Fsp3) is 0.545. The molecular weight excluding hydrogens is 466 g/mol. The van der Waals surface area contributed by atoms with Gasteiger partial charge in [0.1, 0.15) is 22.3 Å². The Morgan fingerprint density at radius 3 is 2.61 bits per heavy atom. The molecule has 1 amide bonds. The van der Waals surface area contributed by atoms with E-state index in [0.717, 1.165) is 19.3 Å². The number of sulfone groups is 1. The van der Waals surface area contributed by atoms with Crippen molar-refractivity contribution in [1.29, 1.82) is 0 Å². The largest absolute Gasteiger partial charge is 0.491 e. The van der Waals surface area contributed by atoms with E-state index in [-0.39, 0.29) is 11.4 Å². The fourth-order valence-electron chi connectivity index (χ4n) is 3.43. The van der Waals surface area contributed by atoms with Crippen molar-refractivity contribution in [2.75, 3.05) is 45.7 Å². The lowest BCUT2D eigenvalue weighted by molar-refractivity contribution is 0.0321. The van der Waals surface area contributed by atoms with E-state index in [1.807, 2.05) is 20.8 Å². The molecule has 2 heterocycles.